The molecule has 0 radical (unpaired) electrons. The number of nitrogens with one attached hydrogen (secondary N) is 1. The molecule has 3 nitrogen and oxygen atoms in total. The molecule has 2 rings (SSSR count). The number of para-hydroxylation sites is 1. The van der Waals surface area contributed by atoms with Crippen molar-refractivity contribution in [1.82, 2.24) is 0 Å². The average molecular weight is 336 g/mol. The van der Waals surface area contributed by atoms with Crippen molar-refractivity contribution in [1.29, 1.82) is 0 Å². The standard InChI is InChI=1S/C16H18BrNO2/c1-11-5-3-4-6-14(11)18-15(10-19)12-7-8-16(20-2)13(17)9-12/h3-9,15,18-19H,10H2,1-2H3. The van der Waals surface area contributed by atoms with Crippen molar-refractivity contribution in [2.45, 2.75) is 13.0 Å². The van der Waals surface area contributed by atoms with Gasteiger partial charge >= 0.3 is 0 Å². The quantitative estimate of drug-likeness (QED) is 0.870. The summed E-state index contributed by atoms with van der Waals surface area (Å²) in [5.41, 5.74) is 3.18. The normalized spacial score (nSPS) is 12.0. The maximum atomic E-state index is 9.64. The lowest BCUT2D eigenvalue weighted by Gasteiger charge is -2.20. The van der Waals surface area contributed by atoms with Crippen LogP contribution in [0, 0.1) is 6.92 Å². The highest BCUT2D eigenvalue weighted by Gasteiger charge is 2.13. The monoisotopic (exact) mass is 335 g/mol. The zero-order valence-electron chi connectivity index (χ0n) is 11.6. The molecule has 1 atom stereocenters. The number of hydrogen-bond acceptors (Lipinski definition) is 3. The number of rotatable bonds is 5. The molecule has 106 valence electrons. The predicted molar refractivity (Wildman–Crippen MR) is 85.3 cm³/mol. The molecule has 0 aliphatic carbocycles. The van der Waals surface area contributed by atoms with Crippen LogP contribution in [0.5, 0.6) is 5.75 Å². The van der Waals surface area contributed by atoms with Crippen LogP contribution in [0.1, 0.15) is 17.2 Å². The predicted octanol–water partition coefficient (Wildman–Crippen LogP) is 3.91. The SMILES string of the molecule is COc1ccc(C(CO)Nc2ccccc2C)cc1Br. The summed E-state index contributed by atoms with van der Waals surface area (Å²) in [6, 6.07) is 13.7. The third-order valence-electron chi connectivity index (χ3n) is 3.24. The smallest absolute Gasteiger partial charge is 0.133 e. The Bertz CT molecular complexity index is 586. The van der Waals surface area contributed by atoms with Crippen molar-refractivity contribution >= 4 is 21.6 Å². The van der Waals surface area contributed by atoms with Crippen molar-refractivity contribution < 1.29 is 9.84 Å². The summed E-state index contributed by atoms with van der Waals surface area (Å²) < 4.78 is 6.10. The topological polar surface area (TPSA) is 41.5 Å². The summed E-state index contributed by atoms with van der Waals surface area (Å²) in [7, 11) is 1.63. The lowest BCUT2D eigenvalue weighted by molar-refractivity contribution is 0.276. The molecule has 0 spiro atoms. The molecule has 0 aliphatic heterocycles. The lowest BCUT2D eigenvalue weighted by atomic mass is 10.1. The first-order valence-electron chi connectivity index (χ1n) is 6.42. The summed E-state index contributed by atoms with van der Waals surface area (Å²) >= 11 is 3.47. The summed E-state index contributed by atoms with van der Waals surface area (Å²) in [4.78, 5) is 0. The van der Waals surface area contributed by atoms with Crippen LogP contribution in [-0.2, 0) is 0 Å². The van der Waals surface area contributed by atoms with Gasteiger partial charge in [0.2, 0.25) is 0 Å². The van der Waals surface area contributed by atoms with Crippen molar-refractivity contribution in [2.75, 3.05) is 19.0 Å². The van der Waals surface area contributed by atoms with E-state index in [4.69, 9.17) is 4.74 Å². The number of ether oxygens (including phenoxy) is 1. The van der Waals surface area contributed by atoms with E-state index in [1.165, 1.54) is 0 Å². The first-order chi connectivity index (χ1) is 9.65. The van der Waals surface area contributed by atoms with E-state index in [1.807, 2.05) is 49.4 Å². The molecule has 2 aromatic rings. The molecule has 0 aliphatic rings. The minimum Gasteiger partial charge on any atom is -0.496 e. The zero-order chi connectivity index (χ0) is 14.5. The molecular formula is C16H18BrNO2. The van der Waals surface area contributed by atoms with Gasteiger partial charge in [-0.05, 0) is 52.2 Å². The Morgan fingerprint density at radius 1 is 1.25 bits per heavy atom. The van der Waals surface area contributed by atoms with Gasteiger partial charge in [0.1, 0.15) is 5.75 Å². The van der Waals surface area contributed by atoms with Crippen molar-refractivity contribution in [2.24, 2.45) is 0 Å². The minimum atomic E-state index is -0.154. The van der Waals surface area contributed by atoms with E-state index in [2.05, 4.69) is 21.2 Å². The van der Waals surface area contributed by atoms with Crippen LogP contribution in [0.3, 0.4) is 0 Å². The van der Waals surface area contributed by atoms with Crippen LogP contribution in [0.25, 0.3) is 0 Å². The maximum absolute atomic E-state index is 9.64. The van der Waals surface area contributed by atoms with Crippen LogP contribution < -0.4 is 10.1 Å². The number of anilines is 1. The Kier molecular flexibility index (Phi) is 5.04. The fraction of sp³-hybridized carbons (Fsp3) is 0.250. The average Bonchev–Trinajstić information content (AvgIpc) is 2.46. The van der Waals surface area contributed by atoms with Crippen LogP contribution in [0.2, 0.25) is 0 Å². The third kappa shape index (κ3) is 3.32. The van der Waals surface area contributed by atoms with Gasteiger partial charge in [0.15, 0.2) is 0 Å². The second kappa shape index (κ2) is 6.77. The zero-order valence-corrected chi connectivity index (χ0v) is 13.1. The Morgan fingerprint density at radius 2 is 2.00 bits per heavy atom. The number of halogens is 1. The Hall–Kier alpha value is -1.52. The molecule has 2 aromatic carbocycles. The molecule has 20 heavy (non-hydrogen) atoms. The van der Waals surface area contributed by atoms with Gasteiger partial charge in [0.25, 0.3) is 0 Å². The number of benzene rings is 2. The second-order valence-electron chi connectivity index (χ2n) is 4.59. The van der Waals surface area contributed by atoms with E-state index < -0.39 is 0 Å². The number of aliphatic hydroxyl groups excluding tert-OH is 1. The van der Waals surface area contributed by atoms with Gasteiger partial charge in [-0.25, -0.2) is 0 Å². The van der Waals surface area contributed by atoms with Crippen LogP contribution in [0.15, 0.2) is 46.9 Å². The highest BCUT2D eigenvalue weighted by molar-refractivity contribution is 9.10. The largest absolute Gasteiger partial charge is 0.496 e. The van der Waals surface area contributed by atoms with E-state index in [1.54, 1.807) is 7.11 Å². The molecule has 0 saturated carbocycles. The molecular weight excluding hydrogens is 318 g/mol. The van der Waals surface area contributed by atoms with E-state index >= 15 is 0 Å². The van der Waals surface area contributed by atoms with E-state index in [9.17, 15) is 5.11 Å². The summed E-state index contributed by atoms with van der Waals surface area (Å²) in [6.07, 6.45) is 0. The third-order valence-corrected chi connectivity index (χ3v) is 3.86. The molecule has 2 N–H and O–H groups in total. The summed E-state index contributed by atoms with van der Waals surface area (Å²) in [5.74, 6) is 0.779. The molecule has 1 unspecified atom stereocenters. The molecule has 0 heterocycles. The van der Waals surface area contributed by atoms with Gasteiger partial charge in [-0.2, -0.15) is 0 Å². The van der Waals surface area contributed by atoms with Gasteiger partial charge in [-0.3, -0.25) is 0 Å². The summed E-state index contributed by atoms with van der Waals surface area (Å²) in [6.45, 7) is 2.06. The van der Waals surface area contributed by atoms with E-state index in [0.29, 0.717) is 0 Å². The van der Waals surface area contributed by atoms with Gasteiger partial charge in [0.05, 0.1) is 24.2 Å². The fourth-order valence-corrected chi connectivity index (χ4v) is 2.61. The van der Waals surface area contributed by atoms with Crippen LogP contribution in [0.4, 0.5) is 5.69 Å². The Labute approximate surface area is 127 Å². The number of aryl methyl sites for hydroxylation is 1. The second-order valence-corrected chi connectivity index (χ2v) is 5.44. The number of aliphatic hydroxyl groups is 1. The van der Waals surface area contributed by atoms with Crippen LogP contribution >= 0.6 is 15.9 Å². The highest BCUT2D eigenvalue weighted by Crippen LogP contribution is 2.29. The first kappa shape index (κ1) is 14.9. The highest BCUT2D eigenvalue weighted by atomic mass is 79.9. The Morgan fingerprint density at radius 3 is 2.60 bits per heavy atom. The molecule has 0 bridgehead atoms. The van der Waals surface area contributed by atoms with Gasteiger partial charge in [-0.1, -0.05) is 24.3 Å². The first-order valence-corrected chi connectivity index (χ1v) is 7.21. The van der Waals surface area contributed by atoms with Crippen molar-refractivity contribution in [3.8, 4) is 5.75 Å². The minimum absolute atomic E-state index is 0.0209. The van der Waals surface area contributed by atoms with Gasteiger partial charge in [-0.15, -0.1) is 0 Å². The summed E-state index contributed by atoms with van der Waals surface area (Å²) in [5, 5.41) is 13.0. The maximum Gasteiger partial charge on any atom is 0.133 e. The molecule has 4 heteroatoms. The molecule has 0 saturated heterocycles. The van der Waals surface area contributed by atoms with Crippen molar-refractivity contribution in [3.63, 3.8) is 0 Å². The van der Waals surface area contributed by atoms with E-state index in [-0.39, 0.29) is 12.6 Å². The Balaban J connectivity index is 2.24. The van der Waals surface area contributed by atoms with Crippen LogP contribution in [-0.4, -0.2) is 18.8 Å². The van der Waals surface area contributed by atoms with Gasteiger partial charge < -0.3 is 15.2 Å². The molecule has 0 fully saturated rings. The fourth-order valence-electron chi connectivity index (χ4n) is 2.06. The van der Waals surface area contributed by atoms with Crippen molar-refractivity contribution in [3.05, 3.63) is 58.1 Å². The number of methoxy groups -OCH3 is 1. The van der Waals surface area contributed by atoms with E-state index in [0.717, 1.165) is 27.0 Å². The molecule has 0 aromatic heterocycles. The van der Waals surface area contributed by atoms with Gasteiger partial charge in [0, 0.05) is 5.69 Å². The number of hydrogen-bond donors (Lipinski definition) is 2. The lowest BCUT2D eigenvalue weighted by Crippen LogP contribution is -2.15. The molecule has 0 amide bonds.